The van der Waals surface area contributed by atoms with Gasteiger partial charge >= 0.3 is 0 Å². The second kappa shape index (κ2) is 8.73. The maximum Gasteiger partial charge on any atom is 0.123 e. The average Bonchev–Trinajstić information content (AvgIpc) is 2.67. The molecule has 0 N–H and O–H groups in total. The zero-order chi connectivity index (χ0) is 16.6. The van der Waals surface area contributed by atoms with E-state index in [1.165, 1.54) is 43.2 Å². The fourth-order valence-electron chi connectivity index (χ4n) is 3.57. The molecule has 0 bridgehead atoms. The van der Waals surface area contributed by atoms with E-state index in [0.29, 0.717) is 11.8 Å². The maximum absolute atomic E-state index is 6.15. The van der Waals surface area contributed by atoms with Gasteiger partial charge in [-0.05, 0) is 18.1 Å². The first-order valence-electron chi connectivity index (χ1n) is 9.33. The van der Waals surface area contributed by atoms with Crippen molar-refractivity contribution in [1.82, 2.24) is 0 Å². The van der Waals surface area contributed by atoms with Crippen LogP contribution in [0.15, 0.2) is 66.7 Å². The van der Waals surface area contributed by atoms with Crippen molar-refractivity contribution >= 4 is 5.76 Å². The second-order valence-electron chi connectivity index (χ2n) is 6.75. The van der Waals surface area contributed by atoms with Gasteiger partial charge in [-0.3, -0.25) is 0 Å². The van der Waals surface area contributed by atoms with Crippen molar-refractivity contribution in [2.75, 3.05) is 6.61 Å². The van der Waals surface area contributed by atoms with Crippen LogP contribution in [-0.4, -0.2) is 6.61 Å². The molecular formula is C23H28O. The number of allylic oxidation sites excluding steroid dienone is 1. The van der Waals surface area contributed by atoms with E-state index in [-0.39, 0.29) is 0 Å². The van der Waals surface area contributed by atoms with Crippen molar-refractivity contribution < 1.29 is 4.74 Å². The summed E-state index contributed by atoms with van der Waals surface area (Å²) in [7, 11) is 0. The first-order valence-corrected chi connectivity index (χ1v) is 9.33. The predicted molar refractivity (Wildman–Crippen MR) is 102 cm³/mol. The van der Waals surface area contributed by atoms with E-state index in [4.69, 9.17) is 4.74 Å². The monoisotopic (exact) mass is 320 g/mol. The van der Waals surface area contributed by atoms with Gasteiger partial charge in [-0.1, -0.05) is 93.3 Å². The molecule has 2 atom stereocenters. The molecule has 0 unspecified atom stereocenters. The fourth-order valence-corrected chi connectivity index (χ4v) is 3.57. The normalized spacial score (nSPS) is 20.3. The zero-order valence-electron chi connectivity index (χ0n) is 14.7. The Balaban J connectivity index is 1.80. The van der Waals surface area contributed by atoms with Crippen LogP contribution in [-0.2, 0) is 4.74 Å². The average molecular weight is 320 g/mol. The van der Waals surface area contributed by atoms with Crippen molar-refractivity contribution in [2.24, 2.45) is 5.92 Å². The second-order valence-corrected chi connectivity index (χ2v) is 6.75. The van der Waals surface area contributed by atoms with Gasteiger partial charge in [0.05, 0.1) is 6.61 Å². The van der Waals surface area contributed by atoms with Gasteiger partial charge in [0.15, 0.2) is 0 Å². The van der Waals surface area contributed by atoms with Gasteiger partial charge in [0.2, 0.25) is 0 Å². The number of rotatable bonds is 7. The third-order valence-electron chi connectivity index (χ3n) is 4.96. The highest BCUT2D eigenvalue weighted by atomic mass is 16.5. The zero-order valence-corrected chi connectivity index (χ0v) is 14.7. The van der Waals surface area contributed by atoms with Crippen LogP contribution in [0, 0.1) is 5.92 Å². The third kappa shape index (κ3) is 4.29. The Morgan fingerprint density at radius 3 is 2.29 bits per heavy atom. The minimum absolute atomic E-state index is 0.455. The molecule has 1 nitrogen and oxygen atoms in total. The van der Waals surface area contributed by atoms with Crippen LogP contribution in [0.5, 0.6) is 0 Å². The maximum atomic E-state index is 6.15. The first-order chi connectivity index (χ1) is 11.9. The standard InChI is InChI=1S/C23H28O/c1-2-3-4-7-16-21-18-24-23(20-14-10-6-11-15-20)17-22(21)19-12-8-5-9-13-19/h5-6,8-15,17,21-22H,2-4,7,16,18H2,1H3/t21-,22+/m1/s1. The first kappa shape index (κ1) is 16.8. The Hall–Kier alpha value is -2.02. The van der Waals surface area contributed by atoms with Gasteiger partial charge in [0.25, 0.3) is 0 Å². The summed E-state index contributed by atoms with van der Waals surface area (Å²) in [4.78, 5) is 0. The molecule has 0 radical (unpaired) electrons. The van der Waals surface area contributed by atoms with Crippen molar-refractivity contribution in [2.45, 2.75) is 44.9 Å². The Kier molecular flexibility index (Phi) is 6.12. The van der Waals surface area contributed by atoms with E-state index < -0.39 is 0 Å². The topological polar surface area (TPSA) is 9.23 Å². The molecule has 1 heteroatoms. The van der Waals surface area contributed by atoms with E-state index in [0.717, 1.165) is 12.4 Å². The molecule has 0 spiro atoms. The molecule has 0 saturated heterocycles. The van der Waals surface area contributed by atoms with Crippen molar-refractivity contribution in [3.05, 3.63) is 77.9 Å². The molecule has 0 aliphatic carbocycles. The highest BCUT2D eigenvalue weighted by molar-refractivity contribution is 5.61. The molecule has 2 aromatic carbocycles. The molecule has 1 aliphatic heterocycles. The summed E-state index contributed by atoms with van der Waals surface area (Å²) in [6.45, 7) is 3.10. The van der Waals surface area contributed by atoms with E-state index in [1.54, 1.807) is 0 Å². The molecule has 0 amide bonds. The minimum atomic E-state index is 0.455. The summed E-state index contributed by atoms with van der Waals surface area (Å²) in [5.74, 6) is 2.07. The van der Waals surface area contributed by atoms with Gasteiger partial charge in [0, 0.05) is 17.4 Å². The molecule has 24 heavy (non-hydrogen) atoms. The molecule has 126 valence electrons. The Labute approximate surface area is 146 Å². The summed E-state index contributed by atoms with van der Waals surface area (Å²) in [6.07, 6.45) is 8.87. The van der Waals surface area contributed by atoms with Crippen LogP contribution < -0.4 is 0 Å². The highest BCUT2D eigenvalue weighted by Crippen LogP contribution is 2.37. The quantitative estimate of drug-likeness (QED) is 0.534. The molecular weight excluding hydrogens is 292 g/mol. The molecule has 2 aromatic rings. The molecule has 0 saturated carbocycles. The smallest absolute Gasteiger partial charge is 0.123 e. The Bertz CT molecular complexity index is 630. The molecule has 3 rings (SSSR count). The lowest BCUT2D eigenvalue weighted by molar-refractivity contribution is 0.177. The van der Waals surface area contributed by atoms with Crippen LogP contribution in [0.3, 0.4) is 0 Å². The number of hydrogen-bond acceptors (Lipinski definition) is 1. The highest BCUT2D eigenvalue weighted by Gasteiger charge is 2.27. The van der Waals surface area contributed by atoms with Gasteiger partial charge in [-0.25, -0.2) is 0 Å². The molecule has 1 heterocycles. The van der Waals surface area contributed by atoms with Crippen LogP contribution in [0.25, 0.3) is 5.76 Å². The summed E-state index contributed by atoms with van der Waals surface area (Å²) in [6, 6.07) is 21.4. The Morgan fingerprint density at radius 2 is 1.58 bits per heavy atom. The van der Waals surface area contributed by atoms with E-state index in [2.05, 4.69) is 73.7 Å². The number of hydrogen-bond donors (Lipinski definition) is 0. The Morgan fingerprint density at radius 1 is 0.875 bits per heavy atom. The van der Waals surface area contributed by atoms with Crippen molar-refractivity contribution in [1.29, 1.82) is 0 Å². The predicted octanol–water partition coefficient (Wildman–Crippen LogP) is 6.43. The molecule has 1 aliphatic rings. The van der Waals surface area contributed by atoms with Crippen LogP contribution in [0.1, 0.15) is 56.1 Å². The van der Waals surface area contributed by atoms with E-state index in [9.17, 15) is 0 Å². The number of benzene rings is 2. The summed E-state index contributed by atoms with van der Waals surface area (Å²) < 4.78 is 6.15. The summed E-state index contributed by atoms with van der Waals surface area (Å²) >= 11 is 0. The fraction of sp³-hybridized carbons (Fsp3) is 0.391. The SMILES string of the molecule is CCCCCC[C@@H]1COC(c2ccccc2)=C[C@H]1c1ccccc1. The van der Waals surface area contributed by atoms with Crippen LogP contribution >= 0.6 is 0 Å². The molecule has 0 fully saturated rings. The van der Waals surface area contributed by atoms with Gasteiger partial charge in [0.1, 0.15) is 5.76 Å². The third-order valence-corrected chi connectivity index (χ3v) is 4.96. The van der Waals surface area contributed by atoms with E-state index in [1.807, 2.05) is 0 Å². The van der Waals surface area contributed by atoms with Crippen LogP contribution in [0.4, 0.5) is 0 Å². The largest absolute Gasteiger partial charge is 0.493 e. The number of ether oxygens (including phenoxy) is 1. The lowest BCUT2D eigenvalue weighted by Gasteiger charge is -2.31. The molecule has 0 aromatic heterocycles. The van der Waals surface area contributed by atoms with Crippen LogP contribution in [0.2, 0.25) is 0 Å². The van der Waals surface area contributed by atoms with E-state index >= 15 is 0 Å². The number of unbranched alkanes of at least 4 members (excludes halogenated alkanes) is 3. The minimum Gasteiger partial charge on any atom is -0.493 e. The lowest BCUT2D eigenvalue weighted by atomic mass is 9.81. The summed E-state index contributed by atoms with van der Waals surface area (Å²) in [5.41, 5.74) is 2.59. The van der Waals surface area contributed by atoms with Crippen molar-refractivity contribution in [3.63, 3.8) is 0 Å². The van der Waals surface area contributed by atoms with Gasteiger partial charge < -0.3 is 4.74 Å². The van der Waals surface area contributed by atoms with Gasteiger partial charge in [-0.2, -0.15) is 0 Å². The summed E-state index contributed by atoms with van der Waals surface area (Å²) in [5, 5.41) is 0. The lowest BCUT2D eigenvalue weighted by Crippen LogP contribution is -2.22. The van der Waals surface area contributed by atoms with Crippen molar-refractivity contribution in [3.8, 4) is 0 Å². The van der Waals surface area contributed by atoms with Gasteiger partial charge in [-0.15, -0.1) is 0 Å².